The average molecular weight is 418 g/mol. The first-order valence-corrected chi connectivity index (χ1v) is 8.49. The van der Waals surface area contributed by atoms with Gasteiger partial charge in [-0.25, -0.2) is 4.79 Å². The number of hydrogen-bond donors (Lipinski definition) is 1. The van der Waals surface area contributed by atoms with Gasteiger partial charge < -0.3 is 14.7 Å². The molecule has 0 aliphatic carbocycles. The van der Waals surface area contributed by atoms with E-state index in [4.69, 9.17) is 4.74 Å². The first-order chi connectivity index (χ1) is 10.3. The SMILES string of the molecule is CC(C)(C)OC(=O)N1CCN(c2ccc(I)cc2)C[C@H]1CO. The van der Waals surface area contributed by atoms with Crippen molar-refractivity contribution in [1.82, 2.24) is 4.90 Å². The van der Waals surface area contributed by atoms with Gasteiger partial charge in [-0.05, 0) is 67.6 Å². The number of benzene rings is 1. The van der Waals surface area contributed by atoms with Crippen LogP contribution in [-0.4, -0.2) is 54.0 Å². The molecule has 6 heteroatoms. The third kappa shape index (κ3) is 4.49. The second-order valence-corrected chi connectivity index (χ2v) is 7.68. The van der Waals surface area contributed by atoms with Crippen molar-refractivity contribution < 1.29 is 14.6 Å². The van der Waals surface area contributed by atoms with Gasteiger partial charge in [0, 0.05) is 28.9 Å². The van der Waals surface area contributed by atoms with Gasteiger partial charge in [-0.1, -0.05) is 0 Å². The molecule has 1 saturated heterocycles. The zero-order chi connectivity index (χ0) is 16.3. The normalized spacial score (nSPS) is 19.2. The summed E-state index contributed by atoms with van der Waals surface area (Å²) in [5.41, 5.74) is 0.590. The molecule has 0 bridgehead atoms. The molecular weight excluding hydrogens is 395 g/mol. The topological polar surface area (TPSA) is 53.0 Å². The molecule has 122 valence electrons. The Kier molecular flexibility index (Phi) is 5.55. The molecule has 0 aromatic heterocycles. The summed E-state index contributed by atoms with van der Waals surface area (Å²) in [5.74, 6) is 0. The number of hydrogen-bond acceptors (Lipinski definition) is 4. The number of ether oxygens (including phenoxy) is 1. The maximum absolute atomic E-state index is 12.2. The lowest BCUT2D eigenvalue weighted by molar-refractivity contribution is 0.00704. The van der Waals surface area contributed by atoms with Gasteiger partial charge in [0.1, 0.15) is 5.60 Å². The number of amides is 1. The van der Waals surface area contributed by atoms with Crippen LogP contribution in [0.5, 0.6) is 0 Å². The van der Waals surface area contributed by atoms with Crippen molar-refractivity contribution in [3.63, 3.8) is 0 Å². The fourth-order valence-corrected chi connectivity index (χ4v) is 2.82. The van der Waals surface area contributed by atoms with Gasteiger partial charge >= 0.3 is 6.09 Å². The van der Waals surface area contributed by atoms with E-state index in [1.165, 1.54) is 3.57 Å². The standard InChI is InChI=1S/C16H23IN2O3/c1-16(2,3)22-15(21)19-9-8-18(10-14(19)11-20)13-6-4-12(17)5-7-13/h4-7,14,20H,8-11H2,1-3H3/t14-/m0/s1. The number of aliphatic hydroxyl groups is 1. The summed E-state index contributed by atoms with van der Waals surface area (Å²) in [6, 6.07) is 8.01. The van der Waals surface area contributed by atoms with Crippen molar-refractivity contribution in [2.45, 2.75) is 32.4 Å². The minimum Gasteiger partial charge on any atom is -0.444 e. The van der Waals surface area contributed by atoms with Crippen molar-refractivity contribution in [1.29, 1.82) is 0 Å². The maximum Gasteiger partial charge on any atom is 0.410 e. The Hall–Kier alpha value is -1.02. The molecule has 0 unspecified atom stereocenters. The van der Waals surface area contributed by atoms with E-state index in [0.717, 1.165) is 12.2 Å². The molecule has 1 aliphatic rings. The highest BCUT2D eigenvalue weighted by molar-refractivity contribution is 14.1. The predicted octanol–water partition coefficient (Wildman–Crippen LogP) is 2.71. The molecule has 1 fully saturated rings. The van der Waals surface area contributed by atoms with E-state index in [9.17, 15) is 9.90 Å². The number of anilines is 1. The van der Waals surface area contributed by atoms with E-state index < -0.39 is 5.60 Å². The summed E-state index contributed by atoms with van der Waals surface area (Å²) in [5, 5.41) is 9.64. The minimum atomic E-state index is -0.523. The molecule has 1 aromatic carbocycles. The van der Waals surface area contributed by atoms with Crippen LogP contribution in [-0.2, 0) is 4.74 Å². The highest BCUT2D eigenvalue weighted by Gasteiger charge is 2.33. The summed E-state index contributed by atoms with van der Waals surface area (Å²) >= 11 is 2.28. The lowest BCUT2D eigenvalue weighted by atomic mass is 10.1. The molecule has 1 aromatic rings. The molecule has 0 saturated carbocycles. The van der Waals surface area contributed by atoms with Gasteiger partial charge in [0.05, 0.1) is 12.6 Å². The summed E-state index contributed by atoms with van der Waals surface area (Å²) in [7, 11) is 0. The minimum absolute atomic E-state index is 0.0693. The van der Waals surface area contributed by atoms with Crippen LogP contribution in [0, 0.1) is 3.57 Å². The van der Waals surface area contributed by atoms with E-state index in [0.29, 0.717) is 13.1 Å². The van der Waals surface area contributed by atoms with Crippen LogP contribution in [0.1, 0.15) is 20.8 Å². The van der Waals surface area contributed by atoms with Gasteiger partial charge in [-0.15, -0.1) is 0 Å². The third-order valence-corrected chi connectivity index (χ3v) is 4.23. The molecule has 5 nitrogen and oxygen atoms in total. The van der Waals surface area contributed by atoms with Gasteiger partial charge in [0.2, 0.25) is 0 Å². The van der Waals surface area contributed by atoms with Crippen molar-refractivity contribution in [2.24, 2.45) is 0 Å². The fraction of sp³-hybridized carbons (Fsp3) is 0.562. The molecule has 1 heterocycles. The Balaban J connectivity index is 2.05. The molecule has 0 spiro atoms. The molecule has 1 atom stereocenters. The quantitative estimate of drug-likeness (QED) is 0.751. The second kappa shape index (κ2) is 7.04. The predicted molar refractivity (Wildman–Crippen MR) is 95.2 cm³/mol. The van der Waals surface area contributed by atoms with Crippen LogP contribution >= 0.6 is 22.6 Å². The van der Waals surface area contributed by atoms with E-state index in [1.807, 2.05) is 20.8 Å². The molecule has 1 N–H and O–H groups in total. The van der Waals surface area contributed by atoms with E-state index in [1.54, 1.807) is 4.90 Å². The van der Waals surface area contributed by atoms with Crippen molar-refractivity contribution in [3.8, 4) is 0 Å². The first-order valence-electron chi connectivity index (χ1n) is 7.41. The molecule has 1 aliphatic heterocycles. The summed E-state index contributed by atoms with van der Waals surface area (Å²) < 4.78 is 6.61. The molecule has 22 heavy (non-hydrogen) atoms. The van der Waals surface area contributed by atoms with Crippen LogP contribution in [0.15, 0.2) is 24.3 Å². The van der Waals surface area contributed by atoms with Gasteiger partial charge in [-0.2, -0.15) is 0 Å². The summed E-state index contributed by atoms with van der Waals surface area (Å²) in [6.07, 6.45) is -0.353. The summed E-state index contributed by atoms with van der Waals surface area (Å²) in [6.45, 7) is 7.36. The Labute approximate surface area is 145 Å². The van der Waals surface area contributed by atoms with Crippen LogP contribution in [0.2, 0.25) is 0 Å². The van der Waals surface area contributed by atoms with Crippen molar-refractivity contribution in [3.05, 3.63) is 27.8 Å². The number of piperazine rings is 1. The average Bonchev–Trinajstić information content (AvgIpc) is 2.45. The highest BCUT2D eigenvalue weighted by Crippen LogP contribution is 2.22. The van der Waals surface area contributed by atoms with Gasteiger partial charge in [-0.3, -0.25) is 4.90 Å². The van der Waals surface area contributed by atoms with Crippen LogP contribution < -0.4 is 4.90 Å². The second-order valence-electron chi connectivity index (χ2n) is 6.43. The Morgan fingerprint density at radius 1 is 1.32 bits per heavy atom. The van der Waals surface area contributed by atoms with E-state index >= 15 is 0 Å². The largest absolute Gasteiger partial charge is 0.444 e. The van der Waals surface area contributed by atoms with Gasteiger partial charge in [0.25, 0.3) is 0 Å². The van der Waals surface area contributed by atoms with Crippen LogP contribution in [0.3, 0.4) is 0 Å². The van der Waals surface area contributed by atoms with Gasteiger partial charge in [0.15, 0.2) is 0 Å². The van der Waals surface area contributed by atoms with Crippen molar-refractivity contribution in [2.75, 3.05) is 31.1 Å². The Morgan fingerprint density at radius 2 is 1.95 bits per heavy atom. The monoisotopic (exact) mass is 418 g/mol. The number of rotatable bonds is 2. The van der Waals surface area contributed by atoms with Crippen molar-refractivity contribution >= 4 is 34.4 Å². The number of carbonyl (C=O) groups is 1. The number of halogens is 1. The summed E-state index contributed by atoms with van der Waals surface area (Å²) in [4.78, 5) is 16.1. The Bertz CT molecular complexity index is 513. The number of carbonyl (C=O) groups excluding carboxylic acids is 1. The number of aliphatic hydroxyl groups excluding tert-OH is 1. The molecular formula is C16H23IN2O3. The number of nitrogens with zero attached hydrogens (tertiary/aromatic N) is 2. The Morgan fingerprint density at radius 3 is 2.50 bits per heavy atom. The first kappa shape index (κ1) is 17.3. The third-order valence-electron chi connectivity index (χ3n) is 3.51. The smallest absolute Gasteiger partial charge is 0.410 e. The molecule has 1 amide bonds. The molecule has 2 rings (SSSR count). The lowest BCUT2D eigenvalue weighted by Gasteiger charge is -2.41. The fourth-order valence-electron chi connectivity index (χ4n) is 2.46. The molecule has 0 radical (unpaired) electrons. The van der Waals surface area contributed by atoms with Crippen LogP contribution in [0.25, 0.3) is 0 Å². The highest BCUT2D eigenvalue weighted by atomic mass is 127. The maximum atomic E-state index is 12.2. The zero-order valence-electron chi connectivity index (χ0n) is 13.3. The van der Waals surface area contributed by atoms with E-state index in [2.05, 4.69) is 51.8 Å². The lowest BCUT2D eigenvalue weighted by Crippen LogP contribution is -2.57. The van der Waals surface area contributed by atoms with Crippen LogP contribution in [0.4, 0.5) is 10.5 Å². The zero-order valence-corrected chi connectivity index (χ0v) is 15.4. The van der Waals surface area contributed by atoms with E-state index in [-0.39, 0.29) is 18.7 Å².